The normalized spacial score (nSPS) is 11.6. The molecule has 0 aliphatic heterocycles. The summed E-state index contributed by atoms with van der Waals surface area (Å²) in [4.78, 5) is 0. The standard InChI is InChI=1S/C13H8ClF3O/c14-11-9(8-4-2-1-3-5-8)6-7-10(12(11)18)13(15,16)17/h1-7,18H. The first-order chi connectivity index (χ1) is 8.41. The molecule has 0 saturated heterocycles. The Labute approximate surface area is 106 Å². The first kappa shape index (κ1) is 12.8. The quantitative estimate of drug-likeness (QED) is 0.795. The van der Waals surface area contributed by atoms with Crippen LogP contribution in [-0.4, -0.2) is 5.11 Å². The van der Waals surface area contributed by atoms with Crippen molar-refractivity contribution in [3.8, 4) is 16.9 Å². The molecule has 0 fully saturated rings. The number of benzene rings is 2. The highest BCUT2D eigenvalue weighted by Crippen LogP contribution is 2.43. The van der Waals surface area contributed by atoms with Gasteiger partial charge in [-0.3, -0.25) is 0 Å². The second kappa shape index (κ2) is 4.53. The molecule has 0 aliphatic rings. The third kappa shape index (κ3) is 2.29. The van der Waals surface area contributed by atoms with Crippen LogP contribution in [0.1, 0.15) is 5.56 Å². The number of hydrogen-bond donors (Lipinski definition) is 1. The number of aromatic hydroxyl groups is 1. The Morgan fingerprint density at radius 2 is 1.56 bits per heavy atom. The van der Waals surface area contributed by atoms with Crippen LogP contribution in [0.25, 0.3) is 11.1 Å². The third-order valence-electron chi connectivity index (χ3n) is 2.51. The highest BCUT2D eigenvalue weighted by atomic mass is 35.5. The van der Waals surface area contributed by atoms with E-state index in [0.29, 0.717) is 11.1 Å². The van der Waals surface area contributed by atoms with E-state index in [4.69, 9.17) is 11.6 Å². The highest BCUT2D eigenvalue weighted by Gasteiger charge is 2.35. The van der Waals surface area contributed by atoms with Crippen molar-refractivity contribution in [2.24, 2.45) is 0 Å². The molecule has 0 saturated carbocycles. The van der Waals surface area contributed by atoms with Crippen LogP contribution >= 0.6 is 11.6 Å². The number of phenols is 1. The zero-order chi connectivity index (χ0) is 13.3. The summed E-state index contributed by atoms with van der Waals surface area (Å²) in [6, 6.07) is 10.7. The second-order valence-corrected chi connectivity index (χ2v) is 4.07. The minimum Gasteiger partial charge on any atom is -0.506 e. The van der Waals surface area contributed by atoms with Gasteiger partial charge in [-0.15, -0.1) is 0 Å². The number of rotatable bonds is 1. The molecule has 0 atom stereocenters. The van der Waals surface area contributed by atoms with Gasteiger partial charge in [0.25, 0.3) is 0 Å². The van der Waals surface area contributed by atoms with Crippen LogP contribution in [0.4, 0.5) is 13.2 Å². The lowest BCUT2D eigenvalue weighted by Gasteiger charge is -2.13. The number of phenolic OH excluding ortho intramolecular Hbond substituents is 1. The molecule has 2 aromatic rings. The Kier molecular flexibility index (Phi) is 3.22. The molecule has 94 valence electrons. The van der Waals surface area contributed by atoms with Crippen LogP contribution in [-0.2, 0) is 6.18 Å². The van der Waals surface area contributed by atoms with Crippen molar-refractivity contribution in [1.82, 2.24) is 0 Å². The average Bonchev–Trinajstić information content (AvgIpc) is 2.32. The first-order valence-corrected chi connectivity index (χ1v) is 5.43. The summed E-state index contributed by atoms with van der Waals surface area (Å²) in [5, 5.41) is 9.23. The van der Waals surface area contributed by atoms with Crippen molar-refractivity contribution in [2.45, 2.75) is 6.18 Å². The summed E-state index contributed by atoms with van der Waals surface area (Å²) in [7, 11) is 0. The fourth-order valence-electron chi connectivity index (χ4n) is 1.63. The van der Waals surface area contributed by atoms with E-state index in [9.17, 15) is 18.3 Å². The molecule has 0 amide bonds. The van der Waals surface area contributed by atoms with Gasteiger partial charge in [0.05, 0.1) is 10.6 Å². The summed E-state index contributed by atoms with van der Waals surface area (Å²) >= 11 is 5.79. The maximum absolute atomic E-state index is 12.5. The largest absolute Gasteiger partial charge is 0.506 e. The molecule has 0 heterocycles. The SMILES string of the molecule is Oc1c(C(F)(F)F)ccc(-c2ccccc2)c1Cl. The molecule has 0 spiro atoms. The van der Waals surface area contributed by atoms with E-state index in [-0.39, 0.29) is 5.02 Å². The predicted octanol–water partition coefficient (Wildman–Crippen LogP) is 4.73. The smallest absolute Gasteiger partial charge is 0.420 e. The molecular weight excluding hydrogens is 265 g/mol. The van der Waals surface area contributed by atoms with Gasteiger partial charge in [-0.1, -0.05) is 48.0 Å². The lowest BCUT2D eigenvalue weighted by atomic mass is 10.0. The molecule has 1 nitrogen and oxygen atoms in total. The number of halogens is 4. The van der Waals surface area contributed by atoms with Gasteiger partial charge in [-0.2, -0.15) is 13.2 Å². The van der Waals surface area contributed by atoms with Gasteiger partial charge in [0.2, 0.25) is 0 Å². The Morgan fingerprint density at radius 1 is 0.944 bits per heavy atom. The van der Waals surface area contributed by atoms with Crippen molar-refractivity contribution >= 4 is 11.6 Å². The molecule has 5 heteroatoms. The van der Waals surface area contributed by atoms with Gasteiger partial charge in [0.1, 0.15) is 5.75 Å². The fraction of sp³-hybridized carbons (Fsp3) is 0.0769. The van der Waals surface area contributed by atoms with E-state index < -0.39 is 17.5 Å². The van der Waals surface area contributed by atoms with Crippen LogP contribution in [0.5, 0.6) is 5.75 Å². The summed E-state index contributed by atoms with van der Waals surface area (Å²) in [5.74, 6) is -0.939. The van der Waals surface area contributed by atoms with Crippen LogP contribution in [0.3, 0.4) is 0 Å². The maximum Gasteiger partial charge on any atom is 0.420 e. The average molecular weight is 273 g/mol. The zero-order valence-electron chi connectivity index (χ0n) is 9.00. The van der Waals surface area contributed by atoms with E-state index in [2.05, 4.69) is 0 Å². The lowest BCUT2D eigenvalue weighted by Crippen LogP contribution is -2.05. The highest BCUT2D eigenvalue weighted by molar-refractivity contribution is 6.34. The summed E-state index contributed by atoms with van der Waals surface area (Å²) in [6.45, 7) is 0. The van der Waals surface area contributed by atoms with Crippen LogP contribution in [0, 0.1) is 0 Å². The first-order valence-electron chi connectivity index (χ1n) is 5.05. The van der Waals surface area contributed by atoms with Crippen molar-refractivity contribution in [1.29, 1.82) is 0 Å². The molecular formula is C13H8ClF3O. The number of alkyl halides is 3. The van der Waals surface area contributed by atoms with E-state index in [1.54, 1.807) is 30.3 Å². The number of hydrogen-bond acceptors (Lipinski definition) is 1. The molecule has 0 bridgehead atoms. The molecule has 2 aromatic carbocycles. The van der Waals surface area contributed by atoms with Crippen LogP contribution in [0.2, 0.25) is 5.02 Å². The maximum atomic E-state index is 12.5. The molecule has 0 aliphatic carbocycles. The molecule has 18 heavy (non-hydrogen) atoms. The molecule has 0 unspecified atom stereocenters. The molecule has 1 N–H and O–H groups in total. The zero-order valence-corrected chi connectivity index (χ0v) is 9.76. The molecule has 2 rings (SSSR count). The monoisotopic (exact) mass is 272 g/mol. The van der Waals surface area contributed by atoms with Gasteiger partial charge < -0.3 is 5.11 Å². The van der Waals surface area contributed by atoms with Crippen LogP contribution < -0.4 is 0 Å². The third-order valence-corrected chi connectivity index (χ3v) is 2.89. The van der Waals surface area contributed by atoms with Crippen molar-refractivity contribution in [3.05, 3.63) is 53.1 Å². The van der Waals surface area contributed by atoms with Crippen molar-refractivity contribution < 1.29 is 18.3 Å². The van der Waals surface area contributed by atoms with Gasteiger partial charge in [0, 0.05) is 5.56 Å². The Balaban J connectivity index is 2.58. The molecule has 0 radical (unpaired) electrons. The minimum atomic E-state index is -4.62. The Morgan fingerprint density at radius 3 is 2.11 bits per heavy atom. The molecule has 0 aromatic heterocycles. The van der Waals surface area contributed by atoms with Gasteiger partial charge in [-0.25, -0.2) is 0 Å². The fourth-order valence-corrected chi connectivity index (χ4v) is 1.91. The van der Waals surface area contributed by atoms with Crippen LogP contribution in [0.15, 0.2) is 42.5 Å². The predicted molar refractivity (Wildman–Crippen MR) is 63.6 cm³/mol. The lowest BCUT2D eigenvalue weighted by molar-refractivity contribution is -0.138. The van der Waals surface area contributed by atoms with Crippen molar-refractivity contribution in [3.63, 3.8) is 0 Å². The summed E-state index contributed by atoms with van der Waals surface area (Å²) < 4.78 is 37.6. The second-order valence-electron chi connectivity index (χ2n) is 3.69. The van der Waals surface area contributed by atoms with Gasteiger partial charge >= 0.3 is 6.18 Å². The van der Waals surface area contributed by atoms with E-state index >= 15 is 0 Å². The summed E-state index contributed by atoms with van der Waals surface area (Å²) in [6.07, 6.45) is -4.62. The Bertz CT molecular complexity index is 564. The van der Waals surface area contributed by atoms with Crippen molar-refractivity contribution in [2.75, 3.05) is 0 Å². The minimum absolute atomic E-state index is 0.295. The van der Waals surface area contributed by atoms with E-state index in [0.717, 1.165) is 6.07 Å². The van der Waals surface area contributed by atoms with E-state index in [1.807, 2.05) is 0 Å². The van der Waals surface area contributed by atoms with Gasteiger partial charge in [-0.05, 0) is 11.6 Å². The topological polar surface area (TPSA) is 20.2 Å². The Hall–Kier alpha value is -1.68. The van der Waals surface area contributed by atoms with Gasteiger partial charge in [0.15, 0.2) is 0 Å². The van der Waals surface area contributed by atoms with E-state index in [1.165, 1.54) is 6.07 Å². The summed E-state index contributed by atoms with van der Waals surface area (Å²) in [5.41, 5.74) is -0.124.